The molecule has 1 aliphatic carbocycles. The predicted molar refractivity (Wildman–Crippen MR) is 122 cm³/mol. The number of hydrogen-bond donors (Lipinski definition) is 1. The van der Waals surface area contributed by atoms with E-state index >= 15 is 0 Å². The normalized spacial score (nSPS) is 17.9. The second-order valence-electron chi connectivity index (χ2n) is 9.42. The number of anilines is 1. The molecule has 31 heavy (non-hydrogen) atoms. The molecule has 8 heteroatoms. The van der Waals surface area contributed by atoms with E-state index in [4.69, 9.17) is 9.97 Å². The van der Waals surface area contributed by atoms with Gasteiger partial charge in [0, 0.05) is 41.6 Å². The van der Waals surface area contributed by atoms with Crippen LogP contribution in [0.3, 0.4) is 0 Å². The molecule has 0 atom stereocenters. The smallest absolute Gasteiger partial charge is 0.183 e. The van der Waals surface area contributed by atoms with Crippen molar-refractivity contribution in [1.82, 2.24) is 30.1 Å². The summed E-state index contributed by atoms with van der Waals surface area (Å²) in [7, 11) is 0. The quantitative estimate of drug-likeness (QED) is 0.508. The van der Waals surface area contributed by atoms with Crippen molar-refractivity contribution in [2.24, 2.45) is 5.41 Å². The van der Waals surface area contributed by atoms with Crippen LogP contribution in [0, 0.1) is 5.41 Å². The van der Waals surface area contributed by atoms with Gasteiger partial charge in [0.1, 0.15) is 16.3 Å². The maximum Gasteiger partial charge on any atom is 0.183 e. The Morgan fingerprint density at radius 3 is 2.87 bits per heavy atom. The summed E-state index contributed by atoms with van der Waals surface area (Å²) in [5, 5.41) is 8.79. The lowest BCUT2D eigenvalue weighted by Gasteiger charge is -2.31. The van der Waals surface area contributed by atoms with E-state index < -0.39 is 0 Å². The third-order valence-corrected chi connectivity index (χ3v) is 7.52. The Morgan fingerprint density at radius 1 is 1.10 bits per heavy atom. The average molecular weight is 432 g/mol. The first-order valence-corrected chi connectivity index (χ1v) is 11.7. The fourth-order valence-electron chi connectivity index (χ4n) is 4.99. The van der Waals surface area contributed by atoms with Crippen molar-refractivity contribution >= 4 is 27.4 Å². The lowest BCUT2D eigenvalue weighted by molar-refractivity contribution is 0.367. The van der Waals surface area contributed by atoms with E-state index in [0.29, 0.717) is 5.82 Å². The standard InChI is InChI=1S/C23H25N7S/c1-23(2)9-16-14(10-26-29-16)12-30(13-23)21-19-15-5-3-4-6-18(15)31-22(19)28-20(27-21)17-11-24-7-8-25-17/h7-8,10-11H,3-6,9,12-13H2,1-2H3,(H,26,29). The number of aromatic amines is 1. The SMILES string of the molecule is CC1(C)Cc2[nH]ncc2CN(c2nc(-c3cnccn3)nc3sc4c(c23)CCCC4)C1. The largest absolute Gasteiger partial charge is 0.351 e. The number of H-pyrrole nitrogens is 1. The summed E-state index contributed by atoms with van der Waals surface area (Å²) in [4.78, 5) is 23.8. The van der Waals surface area contributed by atoms with Gasteiger partial charge in [-0.15, -0.1) is 11.3 Å². The average Bonchev–Trinajstić information content (AvgIpc) is 3.33. The molecule has 0 fully saturated rings. The molecule has 2 aliphatic rings. The highest BCUT2D eigenvalue weighted by molar-refractivity contribution is 7.19. The molecule has 1 aliphatic heterocycles. The first-order valence-electron chi connectivity index (χ1n) is 10.9. The molecule has 7 nitrogen and oxygen atoms in total. The van der Waals surface area contributed by atoms with Crippen molar-refractivity contribution in [3.05, 3.63) is 46.5 Å². The molecule has 158 valence electrons. The van der Waals surface area contributed by atoms with Crippen LogP contribution in [-0.4, -0.2) is 36.7 Å². The van der Waals surface area contributed by atoms with Gasteiger partial charge in [-0.1, -0.05) is 13.8 Å². The summed E-state index contributed by atoms with van der Waals surface area (Å²) in [5.74, 6) is 1.69. The molecule has 0 saturated carbocycles. The van der Waals surface area contributed by atoms with Gasteiger partial charge in [0.2, 0.25) is 0 Å². The van der Waals surface area contributed by atoms with Crippen LogP contribution >= 0.6 is 11.3 Å². The zero-order valence-electron chi connectivity index (χ0n) is 17.9. The highest BCUT2D eigenvalue weighted by Gasteiger charge is 2.32. The monoisotopic (exact) mass is 431 g/mol. The topological polar surface area (TPSA) is 83.5 Å². The van der Waals surface area contributed by atoms with Crippen LogP contribution in [0.15, 0.2) is 24.8 Å². The van der Waals surface area contributed by atoms with Crippen molar-refractivity contribution in [2.45, 2.75) is 52.5 Å². The zero-order valence-corrected chi connectivity index (χ0v) is 18.7. The van der Waals surface area contributed by atoms with Crippen LogP contribution in [0.1, 0.15) is 48.4 Å². The van der Waals surface area contributed by atoms with E-state index in [9.17, 15) is 0 Å². The molecule has 4 aromatic rings. The highest BCUT2D eigenvalue weighted by Crippen LogP contribution is 2.42. The Kier molecular flexibility index (Phi) is 4.31. The molecule has 0 saturated heterocycles. The van der Waals surface area contributed by atoms with E-state index in [1.165, 1.54) is 39.9 Å². The molecule has 5 heterocycles. The van der Waals surface area contributed by atoms with Crippen molar-refractivity contribution in [3.63, 3.8) is 0 Å². The van der Waals surface area contributed by atoms with Crippen LogP contribution in [0.2, 0.25) is 0 Å². The third-order valence-electron chi connectivity index (χ3n) is 6.33. The maximum absolute atomic E-state index is 5.13. The molecule has 0 unspecified atom stereocenters. The van der Waals surface area contributed by atoms with Gasteiger partial charge < -0.3 is 4.90 Å². The van der Waals surface area contributed by atoms with Crippen LogP contribution in [0.25, 0.3) is 21.7 Å². The highest BCUT2D eigenvalue weighted by atomic mass is 32.1. The predicted octanol–water partition coefficient (Wildman–Crippen LogP) is 4.34. The maximum atomic E-state index is 5.13. The van der Waals surface area contributed by atoms with Crippen LogP contribution < -0.4 is 4.90 Å². The summed E-state index contributed by atoms with van der Waals surface area (Å²) in [6.45, 7) is 6.36. The second-order valence-corrected chi connectivity index (χ2v) is 10.5. The number of nitrogens with one attached hydrogen (secondary N) is 1. The summed E-state index contributed by atoms with van der Waals surface area (Å²) in [6.07, 6.45) is 12.8. The molecule has 0 radical (unpaired) electrons. The zero-order chi connectivity index (χ0) is 21.0. The van der Waals surface area contributed by atoms with E-state index in [1.54, 1.807) is 18.6 Å². The Bertz CT molecular complexity index is 1260. The summed E-state index contributed by atoms with van der Waals surface area (Å²) in [5.41, 5.74) is 4.76. The van der Waals surface area contributed by atoms with Gasteiger partial charge in [0.25, 0.3) is 0 Å². The van der Waals surface area contributed by atoms with Crippen molar-refractivity contribution < 1.29 is 0 Å². The fourth-order valence-corrected chi connectivity index (χ4v) is 6.24. The van der Waals surface area contributed by atoms with Gasteiger partial charge in [-0.3, -0.25) is 10.1 Å². The fraction of sp³-hybridized carbons (Fsp3) is 0.435. The van der Waals surface area contributed by atoms with Crippen molar-refractivity contribution in [3.8, 4) is 11.5 Å². The Balaban J connectivity index is 1.58. The van der Waals surface area contributed by atoms with E-state index in [-0.39, 0.29) is 5.41 Å². The molecule has 1 N–H and O–H groups in total. The van der Waals surface area contributed by atoms with Crippen molar-refractivity contribution in [1.29, 1.82) is 0 Å². The minimum absolute atomic E-state index is 0.0951. The molecule has 0 aromatic carbocycles. The number of nitrogens with zero attached hydrogens (tertiary/aromatic N) is 6. The third kappa shape index (κ3) is 3.29. The van der Waals surface area contributed by atoms with Gasteiger partial charge in [0.05, 0.1) is 17.8 Å². The van der Waals surface area contributed by atoms with Gasteiger partial charge in [0.15, 0.2) is 5.82 Å². The number of thiophene rings is 1. The second kappa shape index (κ2) is 7.09. The molecule has 4 aromatic heterocycles. The first kappa shape index (κ1) is 18.9. The summed E-state index contributed by atoms with van der Waals surface area (Å²) < 4.78 is 0. The molecule has 6 rings (SSSR count). The molecule has 0 spiro atoms. The number of rotatable bonds is 2. The lowest BCUT2D eigenvalue weighted by atomic mass is 9.87. The number of hydrogen-bond acceptors (Lipinski definition) is 7. The first-order chi connectivity index (χ1) is 15.1. The number of aryl methyl sites for hydroxylation is 2. The van der Waals surface area contributed by atoms with E-state index in [2.05, 4.69) is 38.9 Å². The summed E-state index contributed by atoms with van der Waals surface area (Å²) in [6, 6.07) is 0. The van der Waals surface area contributed by atoms with Crippen LogP contribution in [0.4, 0.5) is 5.82 Å². The molecular formula is C23H25N7S. The Labute approximate surface area is 185 Å². The van der Waals surface area contributed by atoms with Gasteiger partial charge in [-0.05, 0) is 43.1 Å². The molecule has 0 amide bonds. The van der Waals surface area contributed by atoms with Crippen molar-refractivity contribution in [2.75, 3.05) is 11.4 Å². The molecule has 0 bridgehead atoms. The minimum atomic E-state index is 0.0951. The lowest BCUT2D eigenvalue weighted by Crippen LogP contribution is -2.33. The Hall–Kier alpha value is -2.87. The number of aromatic nitrogens is 6. The van der Waals surface area contributed by atoms with E-state index in [0.717, 1.165) is 48.7 Å². The minimum Gasteiger partial charge on any atom is -0.351 e. The van der Waals surface area contributed by atoms with Gasteiger partial charge in [-0.2, -0.15) is 5.10 Å². The van der Waals surface area contributed by atoms with Crippen LogP contribution in [0.5, 0.6) is 0 Å². The van der Waals surface area contributed by atoms with Gasteiger partial charge >= 0.3 is 0 Å². The van der Waals surface area contributed by atoms with E-state index in [1.807, 2.05) is 17.5 Å². The Morgan fingerprint density at radius 2 is 2.00 bits per heavy atom. The number of fused-ring (bicyclic) bond motifs is 4. The van der Waals surface area contributed by atoms with Gasteiger partial charge in [-0.25, -0.2) is 15.0 Å². The molecular weight excluding hydrogens is 406 g/mol. The van der Waals surface area contributed by atoms with Crippen LogP contribution in [-0.2, 0) is 25.8 Å². The summed E-state index contributed by atoms with van der Waals surface area (Å²) >= 11 is 1.83.